The minimum Gasteiger partial charge on any atom is -0.381 e. The third-order valence-corrected chi connectivity index (χ3v) is 24.8. The van der Waals surface area contributed by atoms with Gasteiger partial charge in [0.15, 0.2) is 0 Å². The molecule has 0 aromatic heterocycles. The first-order valence-corrected chi connectivity index (χ1v) is 38.9. The molecule has 3 N–H and O–H groups in total. The number of alkyl halides is 3. The van der Waals surface area contributed by atoms with Gasteiger partial charge in [-0.05, 0) is 137 Å². The van der Waals surface area contributed by atoms with Crippen LogP contribution in [0.4, 0.5) is 13.2 Å². The van der Waals surface area contributed by atoms with Gasteiger partial charge < -0.3 is 64.8 Å². The summed E-state index contributed by atoms with van der Waals surface area (Å²) in [5.41, 5.74) is -2.10. The Bertz CT molecular complexity index is 3180. The molecule has 590 valence electrons. The van der Waals surface area contributed by atoms with Gasteiger partial charge in [-0.1, -0.05) is 111 Å². The van der Waals surface area contributed by atoms with Crippen LogP contribution in [0.5, 0.6) is 0 Å². The zero-order valence-electron chi connectivity index (χ0n) is 65.2. The Morgan fingerprint density at radius 1 is 0.648 bits per heavy atom. The maximum atomic E-state index is 15.8. The zero-order valence-corrected chi connectivity index (χ0v) is 65.2. The molecule has 8 rings (SSSR count). The molecule has 0 aromatic carbocycles. The van der Waals surface area contributed by atoms with Gasteiger partial charge in [-0.25, -0.2) is 0 Å². The summed E-state index contributed by atoms with van der Waals surface area (Å²) >= 11 is 0. The lowest BCUT2D eigenvalue weighted by molar-refractivity contribution is -0.215. The second-order valence-electron chi connectivity index (χ2n) is 33.9. The predicted octanol–water partition coefficient (Wildman–Crippen LogP) is 6.16. The summed E-state index contributed by atoms with van der Waals surface area (Å²) < 4.78 is 48.3. The highest BCUT2D eigenvalue weighted by Crippen LogP contribution is 2.50. The topological polar surface area (TPSA) is 279 Å². The standard InChI is InChI=1S/C77H123F3N12O13/c1-16-48(4)64-72(102)86(10)43-63(95)87(11)55-24-18-17-21-35-91(71(55)101)59(38-49-27-25-46(2)26-28-49)70(100)85(9)42-61(93)81-54(34-32-51-31-33-53(77(78,79)80)60(39-51)105-15)68(98)92-41-47(3)36-57(92)67(97)83-76(44-75(5,6)45-76)74(104)90(14)65(52-22-19-20-23-52)73(103)89(13)58(69(99)84(7)8)40-62(94)88(12)56(66(96)82-64)37-50-29-30-50/h17-18,46-60,64-65H,16,19-45H2,1-15H3,(H,81,93)(H,82,96)(H,83,97)/b18-17-/t46?,47-,48-,49?,51?,53?,54-,55-,56-,57-,58-,59-,60?,64-,65-/m0/s1. The highest BCUT2D eigenvalue weighted by molar-refractivity contribution is 6.01. The van der Waals surface area contributed by atoms with Crippen molar-refractivity contribution in [3.8, 4) is 0 Å². The summed E-state index contributed by atoms with van der Waals surface area (Å²) in [6.45, 7) is 10.6. The van der Waals surface area contributed by atoms with E-state index in [2.05, 4.69) is 22.9 Å². The molecule has 25 nitrogen and oxygen atoms in total. The van der Waals surface area contributed by atoms with Crippen LogP contribution < -0.4 is 16.0 Å². The number of nitrogens with zero attached hydrogens (tertiary/aromatic N) is 9. The van der Waals surface area contributed by atoms with Gasteiger partial charge in [-0.2, -0.15) is 13.2 Å². The van der Waals surface area contributed by atoms with Gasteiger partial charge in [-0.3, -0.25) is 57.5 Å². The maximum Gasteiger partial charge on any atom is 0.394 e. The number of fused-ring (bicyclic) bond motifs is 3. The van der Waals surface area contributed by atoms with Crippen molar-refractivity contribution in [3.05, 3.63) is 12.2 Å². The monoisotopic (exact) mass is 1480 g/mol. The maximum absolute atomic E-state index is 15.8. The van der Waals surface area contributed by atoms with E-state index in [0.717, 1.165) is 51.4 Å². The first-order chi connectivity index (χ1) is 49.3. The van der Waals surface area contributed by atoms with E-state index in [4.69, 9.17) is 4.74 Å². The fourth-order valence-corrected chi connectivity index (χ4v) is 18.1. The van der Waals surface area contributed by atoms with Gasteiger partial charge in [0, 0.05) is 76.6 Å². The molecule has 8 aliphatic rings. The molecule has 1 spiro atoms. The fourth-order valence-electron chi connectivity index (χ4n) is 18.1. The first-order valence-electron chi connectivity index (χ1n) is 38.9. The van der Waals surface area contributed by atoms with Crippen molar-refractivity contribution in [2.45, 2.75) is 262 Å². The van der Waals surface area contributed by atoms with Crippen LogP contribution >= 0.6 is 0 Å². The third-order valence-electron chi connectivity index (χ3n) is 24.8. The van der Waals surface area contributed by atoms with E-state index in [1.807, 2.05) is 33.8 Å². The predicted molar refractivity (Wildman–Crippen MR) is 387 cm³/mol. The average Bonchev–Trinajstić information content (AvgIpc) is 1.43. The Morgan fingerprint density at radius 2 is 1.26 bits per heavy atom. The van der Waals surface area contributed by atoms with E-state index in [0.29, 0.717) is 31.6 Å². The number of carbonyl (C=O) groups is 12. The van der Waals surface area contributed by atoms with E-state index >= 15 is 28.8 Å². The van der Waals surface area contributed by atoms with Gasteiger partial charge in [-0.15, -0.1) is 0 Å². The largest absolute Gasteiger partial charge is 0.394 e. The lowest BCUT2D eigenvalue weighted by Gasteiger charge is -2.54. The first kappa shape index (κ1) is 83.8. The Labute approximate surface area is 620 Å². The second kappa shape index (κ2) is 35.4. The third kappa shape index (κ3) is 20.3. The van der Waals surface area contributed by atoms with E-state index in [1.54, 1.807) is 13.0 Å². The number of rotatable bonds is 12. The lowest BCUT2D eigenvalue weighted by atomic mass is 9.58. The van der Waals surface area contributed by atoms with Crippen LogP contribution in [0.15, 0.2) is 12.2 Å². The van der Waals surface area contributed by atoms with Crippen molar-refractivity contribution < 1.29 is 75.4 Å². The average molecular weight is 1480 g/mol. The minimum absolute atomic E-state index is 0.00746. The minimum atomic E-state index is -4.51. The van der Waals surface area contributed by atoms with E-state index in [1.165, 1.54) is 108 Å². The molecule has 3 heterocycles. The van der Waals surface area contributed by atoms with Crippen LogP contribution in [-0.4, -0.2) is 271 Å². The number of nitrogens with one attached hydrogen (secondary N) is 3. The van der Waals surface area contributed by atoms with E-state index in [-0.39, 0.29) is 107 Å². The number of hydrogen-bond acceptors (Lipinski definition) is 13. The SMILES string of the molecule is CC[C@H](C)[C@@H]1NC(=O)[C@H](CC2CC2)N(C)C(=O)C[C@@H](C(=O)N(C)C)N(C)C(=O)[C@H](C2CCCC2)N(C)C(=O)C2(CC(C)(C)C2)NC(=O)[C@@H]2C[C@H](C)CN2C(=O)[C@H](CCC2CCC(C(F)(F)F)C(OC)C2)NC(=O)CN(C)C(=O)[C@H](CC2CCC(C)CC2)N2CC/C=C\C[C@@H](C2=O)N(C)C(=O)CN(C)C1=O. The molecule has 28 heteroatoms. The van der Waals surface area contributed by atoms with Crippen molar-refractivity contribution in [1.82, 2.24) is 60.0 Å². The molecule has 2 saturated heterocycles. The molecule has 13 atom stereocenters. The molecule has 2 bridgehead atoms. The van der Waals surface area contributed by atoms with Crippen LogP contribution in [0.25, 0.3) is 0 Å². The van der Waals surface area contributed by atoms with Gasteiger partial charge in [0.2, 0.25) is 70.9 Å². The summed E-state index contributed by atoms with van der Waals surface area (Å²) in [7, 11) is 12.9. The van der Waals surface area contributed by atoms with Crippen molar-refractivity contribution in [2.75, 3.05) is 89.7 Å². The van der Waals surface area contributed by atoms with Crippen molar-refractivity contribution in [3.63, 3.8) is 0 Å². The number of methoxy groups -OCH3 is 1. The number of carbonyl (C=O) groups excluding carboxylic acids is 12. The van der Waals surface area contributed by atoms with Crippen LogP contribution in [0.2, 0.25) is 0 Å². The molecule has 5 saturated carbocycles. The number of likely N-dealkylation sites (N-methyl/N-ethyl adjacent to an activating group) is 7. The van der Waals surface area contributed by atoms with Crippen LogP contribution in [0.1, 0.15) is 196 Å². The van der Waals surface area contributed by atoms with Gasteiger partial charge in [0.25, 0.3) is 0 Å². The molecular formula is C77H123F3N12O13. The molecule has 0 radical (unpaired) electrons. The number of amides is 12. The quantitative estimate of drug-likeness (QED) is 0.185. The summed E-state index contributed by atoms with van der Waals surface area (Å²) in [6, 6.07) is -9.76. The van der Waals surface area contributed by atoms with Gasteiger partial charge >= 0.3 is 6.18 Å². The van der Waals surface area contributed by atoms with E-state index < -0.39 is 180 Å². The smallest absolute Gasteiger partial charge is 0.381 e. The van der Waals surface area contributed by atoms with E-state index in [9.17, 15) is 41.9 Å². The van der Waals surface area contributed by atoms with Gasteiger partial charge in [0.1, 0.15) is 53.9 Å². The van der Waals surface area contributed by atoms with Crippen LogP contribution in [0, 0.1) is 52.8 Å². The molecule has 12 amide bonds. The summed E-state index contributed by atoms with van der Waals surface area (Å²) in [5.74, 6) is -10.2. The highest BCUT2D eigenvalue weighted by atomic mass is 19.4. The lowest BCUT2D eigenvalue weighted by Crippen LogP contribution is -2.71. The molecule has 3 aliphatic heterocycles. The van der Waals surface area contributed by atoms with Crippen LogP contribution in [-0.2, 0) is 62.3 Å². The molecule has 3 unspecified atom stereocenters. The van der Waals surface area contributed by atoms with Crippen molar-refractivity contribution >= 4 is 70.9 Å². The number of ether oxygens (including phenoxy) is 1. The number of halogens is 3. The van der Waals surface area contributed by atoms with Crippen LogP contribution in [0.3, 0.4) is 0 Å². The van der Waals surface area contributed by atoms with Gasteiger partial charge in [0.05, 0.1) is 31.5 Å². The molecule has 105 heavy (non-hydrogen) atoms. The Balaban J connectivity index is 1.19. The molecular weight excluding hydrogens is 1360 g/mol. The Kier molecular flexibility index (Phi) is 28.3. The molecule has 0 aromatic rings. The van der Waals surface area contributed by atoms with Crippen molar-refractivity contribution in [2.24, 2.45) is 52.8 Å². The van der Waals surface area contributed by atoms with Crippen molar-refractivity contribution in [1.29, 1.82) is 0 Å². The second-order valence-corrected chi connectivity index (χ2v) is 33.9. The molecule has 5 aliphatic carbocycles. The summed E-state index contributed by atoms with van der Waals surface area (Å²) in [5, 5.41) is 8.97. The normalized spacial score (nSPS) is 32.8. The number of hydrogen-bond donors (Lipinski definition) is 3. The fraction of sp³-hybridized carbons (Fsp3) is 0.818. The Hall–Kier alpha value is -6.87. The Morgan fingerprint density at radius 3 is 1.85 bits per heavy atom. The summed E-state index contributed by atoms with van der Waals surface area (Å²) in [4.78, 5) is 194. The molecule has 7 fully saturated rings. The highest BCUT2D eigenvalue weighted by Gasteiger charge is 2.59. The zero-order chi connectivity index (χ0) is 77.5. The summed E-state index contributed by atoms with van der Waals surface area (Å²) in [6.07, 6.45) is 6.77.